The number of rotatable bonds is 1. The fourth-order valence-electron chi connectivity index (χ4n) is 0.778. The van der Waals surface area contributed by atoms with E-state index in [1.807, 2.05) is 13.1 Å². The minimum Gasteiger partial charge on any atom is -0.383 e. The molecule has 0 aliphatic carbocycles. The zero-order chi connectivity index (χ0) is 9.68. The Hall–Kier alpha value is -1.05. The van der Waals surface area contributed by atoms with E-state index in [1.54, 1.807) is 6.20 Å². The Labute approximate surface area is 85.9 Å². The van der Waals surface area contributed by atoms with Crippen LogP contribution in [-0.4, -0.2) is 18.6 Å². The second kappa shape index (κ2) is 4.85. The van der Waals surface area contributed by atoms with Gasteiger partial charge in [0.2, 0.25) is 0 Å². The molecule has 3 nitrogen and oxygen atoms in total. The molecule has 4 heteroatoms. The van der Waals surface area contributed by atoms with Crippen LogP contribution in [0.3, 0.4) is 0 Å². The lowest BCUT2D eigenvalue weighted by Gasteiger charge is -1.96. The van der Waals surface area contributed by atoms with Gasteiger partial charge in [0.25, 0.3) is 0 Å². The zero-order valence-corrected chi connectivity index (χ0v) is 8.85. The Morgan fingerprint density at radius 3 is 3.15 bits per heavy atom. The first-order valence-corrected chi connectivity index (χ1v) is 4.58. The van der Waals surface area contributed by atoms with Gasteiger partial charge >= 0.3 is 0 Å². The molecule has 0 spiro atoms. The van der Waals surface area contributed by atoms with Crippen LogP contribution in [0.5, 0.6) is 0 Å². The molecule has 1 rings (SSSR count). The van der Waals surface area contributed by atoms with Gasteiger partial charge in [-0.2, -0.15) is 0 Å². The molecule has 13 heavy (non-hydrogen) atoms. The third-order valence-corrected chi connectivity index (χ3v) is 1.81. The monoisotopic (exact) mass is 239 g/mol. The lowest BCUT2D eigenvalue weighted by atomic mass is 10.2. The summed E-state index contributed by atoms with van der Waals surface area (Å²) in [5, 5.41) is 2.93. The first-order chi connectivity index (χ1) is 6.24. The standard InChI is InChI=1S/C9H10BrN3/c1-12-4-2-3-7-5-8(10)6-13-9(7)11/h5-6,12H,4H2,1H3,(H2,11,13). The fourth-order valence-corrected chi connectivity index (χ4v) is 1.11. The first-order valence-electron chi connectivity index (χ1n) is 3.78. The maximum Gasteiger partial charge on any atom is 0.139 e. The molecule has 0 aromatic carbocycles. The Morgan fingerprint density at radius 2 is 2.46 bits per heavy atom. The van der Waals surface area contributed by atoms with Crippen LogP contribution < -0.4 is 11.1 Å². The summed E-state index contributed by atoms with van der Waals surface area (Å²) in [6, 6.07) is 1.85. The number of nitrogens with two attached hydrogens (primary N) is 1. The predicted octanol–water partition coefficient (Wildman–Crippen LogP) is 0.997. The van der Waals surface area contributed by atoms with E-state index in [1.165, 1.54) is 0 Å². The van der Waals surface area contributed by atoms with Gasteiger partial charge < -0.3 is 11.1 Å². The average molecular weight is 240 g/mol. The maximum absolute atomic E-state index is 5.62. The van der Waals surface area contributed by atoms with Gasteiger partial charge in [-0.3, -0.25) is 0 Å². The predicted molar refractivity (Wildman–Crippen MR) is 57.2 cm³/mol. The molecule has 0 unspecified atom stereocenters. The second-order valence-corrected chi connectivity index (χ2v) is 3.33. The molecule has 0 atom stereocenters. The zero-order valence-electron chi connectivity index (χ0n) is 7.26. The summed E-state index contributed by atoms with van der Waals surface area (Å²) in [6.07, 6.45) is 1.65. The van der Waals surface area contributed by atoms with E-state index in [4.69, 9.17) is 5.73 Å². The molecule has 1 aromatic rings. The van der Waals surface area contributed by atoms with Crippen molar-refractivity contribution in [1.82, 2.24) is 10.3 Å². The number of aromatic nitrogens is 1. The smallest absolute Gasteiger partial charge is 0.139 e. The summed E-state index contributed by atoms with van der Waals surface area (Å²) in [5.74, 6) is 6.31. The normalized spacial score (nSPS) is 9.08. The first kappa shape index (κ1) is 10.0. The van der Waals surface area contributed by atoms with Gasteiger partial charge in [-0.05, 0) is 29.0 Å². The number of hydrogen-bond donors (Lipinski definition) is 2. The highest BCUT2D eigenvalue weighted by atomic mass is 79.9. The van der Waals surface area contributed by atoms with Gasteiger partial charge in [-0.25, -0.2) is 4.98 Å². The largest absolute Gasteiger partial charge is 0.383 e. The summed E-state index contributed by atoms with van der Waals surface area (Å²) >= 11 is 3.30. The summed E-state index contributed by atoms with van der Waals surface area (Å²) in [6.45, 7) is 0.645. The fraction of sp³-hybridized carbons (Fsp3) is 0.222. The minimum atomic E-state index is 0.465. The molecule has 0 bridgehead atoms. The summed E-state index contributed by atoms with van der Waals surface area (Å²) < 4.78 is 0.885. The van der Waals surface area contributed by atoms with Gasteiger partial charge in [-0.15, -0.1) is 0 Å². The van der Waals surface area contributed by atoms with E-state index >= 15 is 0 Å². The molecular weight excluding hydrogens is 230 g/mol. The summed E-state index contributed by atoms with van der Waals surface area (Å²) in [5.41, 5.74) is 6.37. The van der Waals surface area contributed by atoms with Crippen molar-refractivity contribution in [2.75, 3.05) is 19.3 Å². The van der Waals surface area contributed by atoms with E-state index < -0.39 is 0 Å². The Bertz CT molecular complexity index is 352. The molecule has 0 amide bonds. The Kier molecular flexibility index (Phi) is 3.74. The highest BCUT2D eigenvalue weighted by Crippen LogP contribution is 2.13. The van der Waals surface area contributed by atoms with Crippen molar-refractivity contribution in [3.8, 4) is 11.8 Å². The van der Waals surface area contributed by atoms with Crippen LogP contribution in [0.2, 0.25) is 0 Å². The van der Waals surface area contributed by atoms with Gasteiger partial charge in [0.05, 0.1) is 12.1 Å². The highest BCUT2D eigenvalue weighted by Gasteiger charge is 1.96. The number of anilines is 1. The van der Waals surface area contributed by atoms with Gasteiger partial charge in [0, 0.05) is 10.7 Å². The van der Waals surface area contributed by atoms with Crippen LogP contribution in [0.15, 0.2) is 16.7 Å². The van der Waals surface area contributed by atoms with Gasteiger partial charge in [0.1, 0.15) is 5.82 Å². The molecule has 1 heterocycles. The molecule has 0 aliphatic heterocycles. The van der Waals surface area contributed by atoms with E-state index in [9.17, 15) is 0 Å². The van der Waals surface area contributed by atoms with Crippen LogP contribution in [-0.2, 0) is 0 Å². The van der Waals surface area contributed by atoms with Crippen molar-refractivity contribution >= 4 is 21.7 Å². The lowest BCUT2D eigenvalue weighted by Crippen LogP contribution is -2.04. The minimum absolute atomic E-state index is 0.465. The van der Waals surface area contributed by atoms with E-state index in [0.29, 0.717) is 12.4 Å². The van der Waals surface area contributed by atoms with Crippen molar-refractivity contribution in [3.05, 3.63) is 22.3 Å². The molecule has 3 N–H and O–H groups in total. The maximum atomic E-state index is 5.62. The van der Waals surface area contributed by atoms with Crippen LogP contribution in [0.4, 0.5) is 5.82 Å². The van der Waals surface area contributed by atoms with Crippen LogP contribution in [0.25, 0.3) is 0 Å². The molecule has 0 fully saturated rings. The number of halogens is 1. The number of hydrogen-bond acceptors (Lipinski definition) is 3. The molecule has 1 aromatic heterocycles. The molecule has 0 saturated heterocycles. The Morgan fingerprint density at radius 1 is 1.69 bits per heavy atom. The molecular formula is C9H10BrN3. The van der Waals surface area contributed by atoms with E-state index in [-0.39, 0.29) is 0 Å². The third kappa shape index (κ3) is 3.05. The van der Waals surface area contributed by atoms with Crippen molar-refractivity contribution in [1.29, 1.82) is 0 Å². The number of pyridine rings is 1. The van der Waals surface area contributed by atoms with E-state index in [2.05, 4.69) is 38.1 Å². The number of nitrogens with one attached hydrogen (secondary N) is 1. The van der Waals surface area contributed by atoms with Gasteiger partial charge in [0.15, 0.2) is 0 Å². The number of nitrogens with zero attached hydrogens (tertiary/aromatic N) is 1. The quantitative estimate of drug-likeness (QED) is 0.720. The molecule has 0 radical (unpaired) electrons. The number of nitrogen functional groups attached to an aromatic ring is 1. The highest BCUT2D eigenvalue weighted by molar-refractivity contribution is 9.10. The van der Waals surface area contributed by atoms with Crippen LogP contribution in [0.1, 0.15) is 5.56 Å². The lowest BCUT2D eigenvalue weighted by molar-refractivity contribution is 0.938. The second-order valence-electron chi connectivity index (χ2n) is 2.42. The summed E-state index contributed by atoms with van der Waals surface area (Å²) in [4.78, 5) is 3.97. The van der Waals surface area contributed by atoms with Gasteiger partial charge in [-0.1, -0.05) is 11.8 Å². The van der Waals surface area contributed by atoms with Crippen molar-refractivity contribution < 1.29 is 0 Å². The topological polar surface area (TPSA) is 50.9 Å². The molecule has 68 valence electrons. The average Bonchev–Trinajstić information content (AvgIpc) is 2.11. The van der Waals surface area contributed by atoms with Crippen molar-refractivity contribution in [2.45, 2.75) is 0 Å². The van der Waals surface area contributed by atoms with Crippen molar-refractivity contribution in [2.24, 2.45) is 0 Å². The molecule has 0 aliphatic rings. The third-order valence-electron chi connectivity index (χ3n) is 1.37. The van der Waals surface area contributed by atoms with E-state index in [0.717, 1.165) is 10.0 Å². The summed E-state index contributed by atoms with van der Waals surface area (Å²) in [7, 11) is 1.84. The van der Waals surface area contributed by atoms with Crippen LogP contribution in [0, 0.1) is 11.8 Å². The SMILES string of the molecule is CNCC#Cc1cc(Br)cnc1N. The Balaban J connectivity index is 2.89. The van der Waals surface area contributed by atoms with Crippen molar-refractivity contribution in [3.63, 3.8) is 0 Å². The molecule has 0 saturated carbocycles. The van der Waals surface area contributed by atoms with Crippen LogP contribution >= 0.6 is 15.9 Å².